The lowest BCUT2D eigenvalue weighted by Crippen LogP contribution is -2.32. The van der Waals surface area contributed by atoms with E-state index in [4.69, 9.17) is 10.5 Å². The van der Waals surface area contributed by atoms with Crippen LogP contribution in [0.2, 0.25) is 0 Å². The molecule has 0 radical (unpaired) electrons. The lowest BCUT2D eigenvalue weighted by molar-refractivity contribution is 0.0594. The average molecular weight is 724 g/mol. The highest BCUT2D eigenvalue weighted by atomic mass is 32.2. The number of anilines is 2. The molecule has 51 heavy (non-hydrogen) atoms. The predicted molar refractivity (Wildman–Crippen MR) is 199 cm³/mol. The van der Waals surface area contributed by atoms with Crippen molar-refractivity contribution in [2.45, 2.75) is 38.1 Å². The zero-order chi connectivity index (χ0) is 36.3. The fraction of sp³-hybridized carbons (Fsp3) is 0.211. The summed E-state index contributed by atoms with van der Waals surface area (Å²) in [7, 11) is -2.89. The van der Waals surface area contributed by atoms with E-state index in [9.17, 15) is 22.8 Å². The standard InChI is InChI=1S/C38H37N5O6S2/c1-4-17-40-37(45)32-14-13-28(34(42-32)38(46)49-3)29-21-33-31(20-30(29)36(44)41-26-9-7-24(22-39)8-10-26)35-25(16-19-50-35)15-18-43(33)51(47,48)27-11-5-23(2)6-12-27/h5-14,16,19-21H,4,15,17-18,22,39H2,1-3H3,(H,40,45)(H,41,44). The van der Waals surface area contributed by atoms with Crippen molar-refractivity contribution < 1.29 is 27.5 Å². The summed E-state index contributed by atoms with van der Waals surface area (Å²) in [5, 5.41) is 7.63. The van der Waals surface area contributed by atoms with Crippen molar-refractivity contribution in [3.05, 3.63) is 118 Å². The number of hydrogen-bond donors (Lipinski definition) is 3. The molecule has 11 nitrogen and oxygen atoms in total. The zero-order valence-corrected chi connectivity index (χ0v) is 30.0. The van der Waals surface area contributed by atoms with Gasteiger partial charge in [-0.1, -0.05) is 36.8 Å². The minimum atomic E-state index is -4.09. The first-order valence-electron chi connectivity index (χ1n) is 16.4. The van der Waals surface area contributed by atoms with E-state index in [1.165, 1.54) is 34.9 Å². The molecule has 0 fully saturated rings. The number of carbonyl (C=O) groups is 3. The number of ether oxygens (including phenoxy) is 1. The number of aromatic nitrogens is 1. The third-order valence-electron chi connectivity index (χ3n) is 8.61. The molecular formula is C38H37N5O6S2. The van der Waals surface area contributed by atoms with Gasteiger partial charge in [0.1, 0.15) is 5.69 Å². The molecule has 0 spiro atoms. The van der Waals surface area contributed by atoms with Crippen molar-refractivity contribution in [3.8, 4) is 21.6 Å². The topological polar surface area (TPSA) is 161 Å². The highest BCUT2D eigenvalue weighted by molar-refractivity contribution is 7.92. The van der Waals surface area contributed by atoms with Crippen molar-refractivity contribution >= 4 is 50.5 Å². The van der Waals surface area contributed by atoms with Gasteiger partial charge in [0.2, 0.25) is 0 Å². The number of carbonyl (C=O) groups excluding carboxylic acids is 3. The van der Waals surface area contributed by atoms with Gasteiger partial charge in [0, 0.05) is 46.9 Å². The van der Waals surface area contributed by atoms with E-state index in [0.717, 1.165) is 21.6 Å². The Morgan fingerprint density at radius 1 is 0.941 bits per heavy atom. The number of nitrogens with one attached hydrogen (secondary N) is 2. The van der Waals surface area contributed by atoms with Gasteiger partial charge in [-0.05, 0) is 96.4 Å². The Bertz CT molecular complexity index is 2230. The van der Waals surface area contributed by atoms with Crippen LogP contribution in [-0.4, -0.2) is 51.4 Å². The molecule has 1 aliphatic rings. The van der Waals surface area contributed by atoms with E-state index >= 15 is 0 Å². The monoisotopic (exact) mass is 723 g/mol. The molecule has 4 N–H and O–H groups in total. The Balaban J connectivity index is 1.60. The molecule has 0 aliphatic carbocycles. The molecular weight excluding hydrogens is 687 g/mol. The zero-order valence-electron chi connectivity index (χ0n) is 28.4. The molecule has 0 unspecified atom stereocenters. The van der Waals surface area contributed by atoms with Crippen molar-refractivity contribution in [1.29, 1.82) is 0 Å². The number of aryl methyl sites for hydroxylation is 1. The minimum Gasteiger partial charge on any atom is -0.464 e. The number of amides is 2. The maximum Gasteiger partial charge on any atom is 0.357 e. The van der Waals surface area contributed by atoms with Crippen molar-refractivity contribution in [1.82, 2.24) is 10.3 Å². The van der Waals surface area contributed by atoms with E-state index in [0.29, 0.717) is 42.9 Å². The summed E-state index contributed by atoms with van der Waals surface area (Å²) >= 11 is 1.45. The largest absolute Gasteiger partial charge is 0.464 e. The number of sulfonamides is 1. The summed E-state index contributed by atoms with van der Waals surface area (Å²) in [6, 6.07) is 22.0. The Morgan fingerprint density at radius 3 is 2.37 bits per heavy atom. The number of nitrogens with zero attached hydrogens (tertiary/aromatic N) is 2. The third-order valence-corrected chi connectivity index (χ3v) is 11.4. The normalized spacial score (nSPS) is 12.4. The number of fused-ring (bicyclic) bond motifs is 3. The van der Waals surface area contributed by atoms with E-state index < -0.39 is 27.8 Å². The Hall–Kier alpha value is -5.37. The molecule has 0 atom stereocenters. The summed E-state index contributed by atoms with van der Waals surface area (Å²) < 4.78 is 35.2. The minimum absolute atomic E-state index is 0.0137. The van der Waals surface area contributed by atoms with Gasteiger partial charge in [-0.15, -0.1) is 11.3 Å². The summed E-state index contributed by atoms with van der Waals surface area (Å²) in [4.78, 5) is 45.8. The van der Waals surface area contributed by atoms with Crippen LogP contribution in [-0.2, 0) is 27.7 Å². The van der Waals surface area contributed by atoms with Gasteiger partial charge >= 0.3 is 5.97 Å². The maximum atomic E-state index is 14.4. The summed E-state index contributed by atoms with van der Waals surface area (Å²) in [5.41, 5.74) is 10.2. The van der Waals surface area contributed by atoms with Crippen LogP contribution < -0.4 is 20.7 Å². The summed E-state index contributed by atoms with van der Waals surface area (Å²) in [5.74, 6) is -1.82. The first-order valence-corrected chi connectivity index (χ1v) is 18.7. The van der Waals surface area contributed by atoms with Crippen LogP contribution in [0.4, 0.5) is 11.4 Å². The lowest BCUT2D eigenvalue weighted by Gasteiger charge is -2.26. The molecule has 2 aromatic heterocycles. The first kappa shape index (κ1) is 35.5. The van der Waals surface area contributed by atoms with Gasteiger partial charge in [0.15, 0.2) is 5.69 Å². The molecule has 6 rings (SSSR count). The molecule has 0 bridgehead atoms. The average Bonchev–Trinajstić information content (AvgIpc) is 3.55. The van der Waals surface area contributed by atoms with Gasteiger partial charge in [-0.2, -0.15) is 0 Å². The van der Waals surface area contributed by atoms with Gasteiger partial charge < -0.3 is 21.1 Å². The van der Waals surface area contributed by atoms with Crippen LogP contribution >= 0.6 is 11.3 Å². The quantitative estimate of drug-likeness (QED) is 0.144. The molecule has 5 aromatic rings. The second kappa shape index (κ2) is 14.9. The van der Waals surface area contributed by atoms with Crippen LogP contribution in [0, 0.1) is 6.92 Å². The molecule has 3 aromatic carbocycles. The number of nitrogens with two attached hydrogens (primary N) is 1. The third kappa shape index (κ3) is 7.13. The van der Waals surface area contributed by atoms with Crippen LogP contribution in [0.5, 0.6) is 0 Å². The summed E-state index contributed by atoms with van der Waals surface area (Å²) in [6.45, 7) is 4.67. The smallest absolute Gasteiger partial charge is 0.357 e. The number of pyridine rings is 1. The van der Waals surface area contributed by atoms with Crippen LogP contribution in [0.3, 0.4) is 0 Å². The van der Waals surface area contributed by atoms with Gasteiger partial charge in [0.05, 0.1) is 17.7 Å². The number of benzene rings is 3. The van der Waals surface area contributed by atoms with Crippen LogP contribution in [0.1, 0.15) is 61.4 Å². The van der Waals surface area contributed by atoms with E-state index in [1.807, 2.05) is 25.3 Å². The number of hydrogen-bond acceptors (Lipinski definition) is 9. The Kier molecular flexibility index (Phi) is 10.3. The molecule has 0 saturated heterocycles. The maximum absolute atomic E-state index is 14.4. The highest BCUT2D eigenvalue weighted by Gasteiger charge is 2.33. The van der Waals surface area contributed by atoms with Gasteiger partial charge in [-0.25, -0.2) is 18.2 Å². The second-order valence-electron chi connectivity index (χ2n) is 12.0. The van der Waals surface area contributed by atoms with Crippen molar-refractivity contribution in [3.63, 3.8) is 0 Å². The number of rotatable bonds is 10. The first-order chi connectivity index (χ1) is 24.5. The van der Waals surface area contributed by atoms with Crippen LogP contribution in [0.15, 0.2) is 89.1 Å². The molecule has 13 heteroatoms. The Morgan fingerprint density at radius 2 is 1.69 bits per heavy atom. The molecule has 0 saturated carbocycles. The van der Waals surface area contributed by atoms with E-state index in [1.54, 1.807) is 60.7 Å². The molecule has 1 aliphatic heterocycles. The highest BCUT2D eigenvalue weighted by Crippen LogP contribution is 2.45. The van der Waals surface area contributed by atoms with Crippen LogP contribution in [0.25, 0.3) is 21.6 Å². The fourth-order valence-electron chi connectivity index (χ4n) is 5.89. The fourth-order valence-corrected chi connectivity index (χ4v) is 8.35. The number of methoxy groups -OCH3 is 1. The van der Waals surface area contributed by atoms with Crippen molar-refractivity contribution in [2.75, 3.05) is 29.8 Å². The lowest BCUT2D eigenvalue weighted by atomic mass is 9.93. The van der Waals surface area contributed by atoms with E-state index in [2.05, 4.69) is 15.6 Å². The van der Waals surface area contributed by atoms with E-state index in [-0.39, 0.29) is 39.5 Å². The van der Waals surface area contributed by atoms with Gasteiger partial charge in [-0.3, -0.25) is 13.9 Å². The number of thiophene rings is 1. The SMILES string of the molecule is CCCNC(=O)c1ccc(-c2cc3c(cc2C(=O)Nc2ccc(CN)cc2)-c2sccc2CCN3S(=O)(=O)c2ccc(C)cc2)c(C(=O)OC)n1. The molecule has 2 amide bonds. The Labute approximate surface area is 300 Å². The molecule has 3 heterocycles. The molecule has 262 valence electrons. The van der Waals surface area contributed by atoms with Gasteiger partial charge in [0.25, 0.3) is 21.8 Å². The second-order valence-corrected chi connectivity index (χ2v) is 14.8. The predicted octanol–water partition coefficient (Wildman–Crippen LogP) is 6.17. The summed E-state index contributed by atoms with van der Waals surface area (Å²) in [6.07, 6.45) is 1.13. The number of esters is 1. The van der Waals surface area contributed by atoms with Crippen molar-refractivity contribution in [2.24, 2.45) is 5.73 Å².